The number of aromatic nitrogens is 2. The molecule has 1 amide bonds. The van der Waals surface area contributed by atoms with Gasteiger partial charge >= 0.3 is 0 Å². The smallest absolute Gasteiger partial charge is 0.271 e. The lowest BCUT2D eigenvalue weighted by molar-refractivity contribution is -0.384. The van der Waals surface area contributed by atoms with Gasteiger partial charge in [-0.1, -0.05) is 6.07 Å². The zero-order valence-electron chi connectivity index (χ0n) is 13.9. The number of carbonyl (C=O) groups excluding carboxylic acids is 1. The fraction of sp³-hybridized carbons (Fsp3) is 0.353. The van der Waals surface area contributed by atoms with Crippen LogP contribution in [0.5, 0.6) is 0 Å². The van der Waals surface area contributed by atoms with Crippen LogP contribution in [0, 0.1) is 17.0 Å². The Morgan fingerprint density at radius 3 is 2.72 bits per heavy atom. The summed E-state index contributed by atoms with van der Waals surface area (Å²) in [6.45, 7) is 3.31. The van der Waals surface area contributed by atoms with Crippen molar-refractivity contribution in [1.82, 2.24) is 9.78 Å². The monoisotopic (exact) mass is 342 g/mol. The van der Waals surface area contributed by atoms with E-state index in [9.17, 15) is 19.7 Å². The predicted molar refractivity (Wildman–Crippen MR) is 91.6 cm³/mol. The van der Waals surface area contributed by atoms with Crippen LogP contribution in [0.15, 0.2) is 35.1 Å². The van der Waals surface area contributed by atoms with E-state index in [1.54, 1.807) is 26.0 Å². The Hall–Kier alpha value is -3.03. The minimum atomic E-state index is -0.829. The molecular weight excluding hydrogens is 324 g/mol. The molecule has 1 saturated carbocycles. The summed E-state index contributed by atoms with van der Waals surface area (Å²) >= 11 is 0. The fourth-order valence-corrected chi connectivity index (χ4v) is 2.52. The first-order valence-corrected chi connectivity index (χ1v) is 8.02. The zero-order valence-corrected chi connectivity index (χ0v) is 13.9. The molecule has 1 unspecified atom stereocenters. The van der Waals surface area contributed by atoms with E-state index in [-0.39, 0.29) is 11.2 Å². The Kier molecular flexibility index (Phi) is 4.35. The molecule has 130 valence electrons. The van der Waals surface area contributed by atoms with Crippen molar-refractivity contribution < 1.29 is 9.72 Å². The molecule has 0 bridgehead atoms. The number of nitro groups is 1. The summed E-state index contributed by atoms with van der Waals surface area (Å²) in [5.41, 5.74) is 1.38. The fourth-order valence-electron chi connectivity index (χ4n) is 2.52. The Bertz CT molecular complexity index is 902. The molecule has 1 heterocycles. The molecule has 0 saturated heterocycles. The van der Waals surface area contributed by atoms with Crippen molar-refractivity contribution in [3.8, 4) is 0 Å². The molecule has 0 spiro atoms. The molecule has 1 aliphatic rings. The highest BCUT2D eigenvalue weighted by molar-refractivity contribution is 5.94. The van der Waals surface area contributed by atoms with E-state index in [1.165, 1.54) is 18.2 Å². The number of nitro benzene ring substituents is 1. The number of amides is 1. The lowest BCUT2D eigenvalue weighted by Gasteiger charge is -2.15. The number of anilines is 1. The van der Waals surface area contributed by atoms with Crippen LogP contribution in [0.25, 0.3) is 0 Å². The molecular formula is C17H18N4O4. The van der Waals surface area contributed by atoms with Crippen LogP contribution in [-0.2, 0) is 4.79 Å². The third-order valence-electron chi connectivity index (χ3n) is 4.28. The van der Waals surface area contributed by atoms with Crippen LogP contribution in [0.2, 0.25) is 0 Å². The molecule has 1 fully saturated rings. The standard InChI is InChI=1S/C17H18N4O4/c1-10-3-6-13(21(24)25)9-15(10)18-17(23)11(2)20-16(22)8-7-14(19-20)12-4-5-12/h3,6-9,11-12H,4-5H2,1-2H3,(H,18,23). The van der Waals surface area contributed by atoms with Gasteiger partial charge in [0.25, 0.3) is 11.2 Å². The first-order chi connectivity index (χ1) is 11.9. The van der Waals surface area contributed by atoms with E-state index < -0.39 is 16.9 Å². The maximum Gasteiger partial charge on any atom is 0.271 e. The molecule has 1 aromatic carbocycles. The van der Waals surface area contributed by atoms with Gasteiger partial charge in [-0.15, -0.1) is 0 Å². The summed E-state index contributed by atoms with van der Waals surface area (Å²) in [6.07, 6.45) is 2.08. The van der Waals surface area contributed by atoms with Crippen LogP contribution in [0.3, 0.4) is 0 Å². The number of rotatable bonds is 5. The molecule has 8 heteroatoms. The number of non-ortho nitro benzene ring substituents is 1. The Labute approximate surface area is 143 Å². The lowest BCUT2D eigenvalue weighted by Crippen LogP contribution is -2.33. The Morgan fingerprint density at radius 2 is 2.08 bits per heavy atom. The number of benzene rings is 1. The SMILES string of the molecule is Cc1ccc([N+](=O)[O-])cc1NC(=O)C(C)n1nc(C2CC2)ccc1=O. The van der Waals surface area contributed by atoms with Gasteiger partial charge in [-0.3, -0.25) is 19.7 Å². The highest BCUT2D eigenvalue weighted by Crippen LogP contribution is 2.38. The maximum atomic E-state index is 12.5. The minimum absolute atomic E-state index is 0.112. The average molecular weight is 342 g/mol. The highest BCUT2D eigenvalue weighted by atomic mass is 16.6. The summed E-state index contributed by atoms with van der Waals surface area (Å²) in [7, 11) is 0. The summed E-state index contributed by atoms with van der Waals surface area (Å²) in [4.78, 5) is 34.9. The summed E-state index contributed by atoms with van der Waals surface area (Å²) < 4.78 is 1.16. The van der Waals surface area contributed by atoms with Crippen LogP contribution < -0.4 is 10.9 Å². The molecule has 1 N–H and O–H groups in total. The van der Waals surface area contributed by atoms with E-state index in [4.69, 9.17) is 0 Å². The summed E-state index contributed by atoms with van der Waals surface area (Å²) in [5.74, 6) is -0.0905. The van der Waals surface area contributed by atoms with Crippen molar-refractivity contribution in [2.75, 3.05) is 5.32 Å². The van der Waals surface area contributed by atoms with Crippen molar-refractivity contribution in [1.29, 1.82) is 0 Å². The topological polar surface area (TPSA) is 107 Å². The maximum absolute atomic E-state index is 12.5. The van der Waals surface area contributed by atoms with Crippen LogP contribution >= 0.6 is 0 Å². The van der Waals surface area contributed by atoms with Gasteiger partial charge in [0.1, 0.15) is 6.04 Å². The van der Waals surface area contributed by atoms with E-state index in [0.29, 0.717) is 17.2 Å². The third kappa shape index (κ3) is 3.57. The lowest BCUT2D eigenvalue weighted by atomic mass is 10.1. The molecule has 25 heavy (non-hydrogen) atoms. The molecule has 1 aliphatic carbocycles. The van der Waals surface area contributed by atoms with E-state index >= 15 is 0 Å². The van der Waals surface area contributed by atoms with E-state index in [2.05, 4.69) is 10.4 Å². The molecule has 0 aliphatic heterocycles. The molecule has 3 rings (SSSR count). The Morgan fingerprint density at radius 1 is 1.36 bits per heavy atom. The van der Waals surface area contributed by atoms with Gasteiger partial charge in [0.05, 0.1) is 16.3 Å². The summed E-state index contributed by atoms with van der Waals surface area (Å²) in [5, 5.41) is 17.8. The van der Waals surface area contributed by atoms with Crippen LogP contribution in [-0.4, -0.2) is 20.6 Å². The van der Waals surface area contributed by atoms with Gasteiger partial charge < -0.3 is 5.32 Å². The average Bonchev–Trinajstić information content (AvgIpc) is 3.41. The molecule has 1 atom stereocenters. The molecule has 1 aromatic heterocycles. The van der Waals surface area contributed by atoms with Crippen LogP contribution in [0.1, 0.15) is 43.0 Å². The summed E-state index contributed by atoms with van der Waals surface area (Å²) in [6, 6.07) is 6.53. The Balaban J connectivity index is 1.84. The second kappa shape index (κ2) is 6.46. The number of hydrogen-bond acceptors (Lipinski definition) is 5. The van der Waals surface area contributed by atoms with Crippen molar-refractivity contribution in [2.24, 2.45) is 0 Å². The van der Waals surface area contributed by atoms with Crippen molar-refractivity contribution >= 4 is 17.3 Å². The largest absolute Gasteiger partial charge is 0.324 e. The second-order valence-corrected chi connectivity index (χ2v) is 6.24. The molecule has 2 aromatic rings. The highest BCUT2D eigenvalue weighted by Gasteiger charge is 2.27. The van der Waals surface area contributed by atoms with Crippen LogP contribution in [0.4, 0.5) is 11.4 Å². The zero-order chi connectivity index (χ0) is 18.1. The normalized spacial score (nSPS) is 14.8. The third-order valence-corrected chi connectivity index (χ3v) is 4.28. The second-order valence-electron chi connectivity index (χ2n) is 6.24. The number of aryl methyl sites for hydroxylation is 1. The number of hydrogen-bond donors (Lipinski definition) is 1. The van der Waals surface area contributed by atoms with E-state index in [0.717, 1.165) is 23.2 Å². The van der Waals surface area contributed by atoms with Crippen molar-refractivity contribution in [3.63, 3.8) is 0 Å². The van der Waals surface area contributed by atoms with Gasteiger partial charge in [-0.2, -0.15) is 5.10 Å². The van der Waals surface area contributed by atoms with Gasteiger partial charge in [-0.05, 0) is 38.3 Å². The van der Waals surface area contributed by atoms with Gasteiger partial charge in [0.15, 0.2) is 0 Å². The first-order valence-electron chi connectivity index (χ1n) is 8.02. The quantitative estimate of drug-likeness (QED) is 0.663. The molecule has 0 radical (unpaired) electrons. The van der Waals surface area contributed by atoms with Crippen molar-refractivity contribution in [3.05, 3.63) is 62.1 Å². The van der Waals surface area contributed by atoms with Crippen molar-refractivity contribution in [2.45, 2.75) is 38.6 Å². The van der Waals surface area contributed by atoms with E-state index in [1.807, 2.05) is 0 Å². The van der Waals surface area contributed by atoms with Gasteiger partial charge in [0.2, 0.25) is 5.91 Å². The predicted octanol–water partition coefficient (Wildman–Crippen LogP) is 2.54. The number of nitrogens with one attached hydrogen (secondary N) is 1. The van der Waals surface area contributed by atoms with Gasteiger partial charge in [-0.25, -0.2) is 4.68 Å². The molecule has 8 nitrogen and oxygen atoms in total. The number of nitrogens with zero attached hydrogens (tertiary/aromatic N) is 3. The minimum Gasteiger partial charge on any atom is -0.324 e. The van der Waals surface area contributed by atoms with Gasteiger partial charge in [0, 0.05) is 24.1 Å². The number of carbonyl (C=O) groups is 1. The first kappa shape index (κ1) is 16.8.